The molecule has 4 rings (SSSR count). The Balaban J connectivity index is 1.78. The molecule has 2 atom stereocenters. The molecule has 2 heterocycles. The number of rotatable bonds is 2. The Bertz CT molecular complexity index is 970. The molecule has 132 valence electrons. The van der Waals surface area contributed by atoms with Gasteiger partial charge in [-0.25, -0.2) is 9.97 Å². The van der Waals surface area contributed by atoms with Crippen molar-refractivity contribution in [3.05, 3.63) is 70.7 Å². The maximum atomic E-state index is 10.7. The first kappa shape index (κ1) is 16.7. The van der Waals surface area contributed by atoms with Gasteiger partial charge < -0.3 is 10.8 Å². The Morgan fingerprint density at radius 2 is 1.92 bits per heavy atom. The van der Waals surface area contributed by atoms with Gasteiger partial charge in [-0.1, -0.05) is 24.3 Å². The van der Waals surface area contributed by atoms with Gasteiger partial charge >= 0.3 is 0 Å². The summed E-state index contributed by atoms with van der Waals surface area (Å²) in [7, 11) is 0. The Kier molecular flexibility index (Phi) is 4.17. The summed E-state index contributed by atoms with van der Waals surface area (Å²) < 4.78 is 0. The minimum atomic E-state index is -0.581. The standard InChI is InChI=1S/C21H22N4O/c1-12-7-8-23-17(9-12)16-6-4-3-5-15(16)14-10-18-20(19(26)11-14)13(2)24-21(22)25-18/h3-9,14,19,26H,10-11H2,1-2H3,(H2,22,24,25). The molecule has 0 saturated carbocycles. The number of pyridine rings is 1. The van der Waals surface area contributed by atoms with E-state index in [0.717, 1.165) is 34.6 Å². The molecule has 0 radical (unpaired) electrons. The van der Waals surface area contributed by atoms with Gasteiger partial charge in [0.1, 0.15) is 0 Å². The van der Waals surface area contributed by atoms with Crippen molar-refractivity contribution >= 4 is 5.95 Å². The van der Waals surface area contributed by atoms with E-state index in [4.69, 9.17) is 5.73 Å². The van der Waals surface area contributed by atoms with Crippen molar-refractivity contribution in [2.75, 3.05) is 5.73 Å². The van der Waals surface area contributed by atoms with Gasteiger partial charge in [-0.2, -0.15) is 0 Å². The van der Waals surface area contributed by atoms with Gasteiger partial charge in [0.2, 0.25) is 5.95 Å². The maximum Gasteiger partial charge on any atom is 0.220 e. The second-order valence-corrected chi connectivity index (χ2v) is 6.99. The molecule has 2 aromatic heterocycles. The topological polar surface area (TPSA) is 84.9 Å². The van der Waals surface area contributed by atoms with Crippen LogP contribution in [0.3, 0.4) is 0 Å². The molecule has 26 heavy (non-hydrogen) atoms. The van der Waals surface area contributed by atoms with E-state index in [2.05, 4.69) is 40.1 Å². The molecule has 1 aromatic carbocycles. The number of nitrogen functional groups attached to an aromatic ring is 1. The number of hydrogen-bond donors (Lipinski definition) is 2. The van der Waals surface area contributed by atoms with Crippen LogP contribution in [0.2, 0.25) is 0 Å². The molecule has 1 aliphatic rings. The summed E-state index contributed by atoms with van der Waals surface area (Å²) in [5.74, 6) is 0.424. The number of hydrogen-bond acceptors (Lipinski definition) is 5. The Labute approximate surface area is 153 Å². The molecule has 3 aromatic rings. The van der Waals surface area contributed by atoms with E-state index in [9.17, 15) is 5.11 Å². The molecule has 0 fully saturated rings. The largest absolute Gasteiger partial charge is 0.388 e. The molecule has 0 amide bonds. The van der Waals surface area contributed by atoms with Crippen LogP contribution in [0.4, 0.5) is 5.95 Å². The zero-order valence-electron chi connectivity index (χ0n) is 15.0. The van der Waals surface area contributed by atoms with Gasteiger partial charge in [-0.3, -0.25) is 4.98 Å². The lowest BCUT2D eigenvalue weighted by molar-refractivity contribution is 0.145. The fraction of sp³-hybridized carbons (Fsp3) is 0.286. The average Bonchev–Trinajstić information content (AvgIpc) is 2.60. The first-order chi connectivity index (χ1) is 12.5. The van der Waals surface area contributed by atoms with Crippen LogP contribution in [0.25, 0.3) is 11.3 Å². The fourth-order valence-corrected chi connectivity index (χ4v) is 3.96. The number of fused-ring (bicyclic) bond motifs is 1. The SMILES string of the molecule is Cc1ccnc(-c2ccccc2C2Cc3nc(N)nc(C)c3C(O)C2)c1. The summed E-state index contributed by atoms with van der Waals surface area (Å²) in [5.41, 5.74) is 12.7. The van der Waals surface area contributed by atoms with Crippen LogP contribution in [-0.2, 0) is 6.42 Å². The van der Waals surface area contributed by atoms with Crippen LogP contribution >= 0.6 is 0 Å². The molecule has 5 heteroatoms. The van der Waals surface area contributed by atoms with E-state index in [0.29, 0.717) is 6.42 Å². The monoisotopic (exact) mass is 346 g/mol. The van der Waals surface area contributed by atoms with Crippen LogP contribution in [0, 0.1) is 13.8 Å². The fourth-order valence-electron chi connectivity index (χ4n) is 3.96. The number of anilines is 1. The van der Waals surface area contributed by atoms with Crippen LogP contribution in [0.1, 0.15) is 46.5 Å². The van der Waals surface area contributed by atoms with Crippen LogP contribution in [0.5, 0.6) is 0 Å². The number of benzene rings is 1. The van der Waals surface area contributed by atoms with E-state index in [1.165, 1.54) is 11.1 Å². The minimum absolute atomic E-state index is 0.157. The summed E-state index contributed by atoms with van der Waals surface area (Å²) in [4.78, 5) is 13.2. The van der Waals surface area contributed by atoms with Gasteiger partial charge in [0, 0.05) is 23.0 Å². The van der Waals surface area contributed by atoms with Crippen molar-refractivity contribution < 1.29 is 5.11 Å². The van der Waals surface area contributed by atoms with E-state index in [-0.39, 0.29) is 11.9 Å². The first-order valence-corrected chi connectivity index (χ1v) is 8.86. The van der Waals surface area contributed by atoms with Crippen molar-refractivity contribution in [2.45, 2.75) is 38.7 Å². The van der Waals surface area contributed by atoms with Gasteiger partial charge in [0.15, 0.2) is 0 Å². The third-order valence-corrected chi connectivity index (χ3v) is 5.11. The third kappa shape index (κ3) is 2.95. The smallest absolute Gasteiger partial charge is 0.220 e. The van der Waals surface area contributed by atoms with Gasteiger partial charge in [-0.15, -0.1) is 0 Å². The van der Waals surface area contributed by atoms with Crippen molar-refractivity contribution in [2.24, 2.45) is 0 Å². The third-order valence-electron chi connectivity index (χ3n) is 5.11. The highest BCUT2D eigenvalue weighted by atomic mass is 16.3. The maximum absolute atomic E-state index is 10.7. The zero-order valence-corrected chi connectivity index (χ0v) is 15.0. The van der Waals surface area contributed by atoms with E-state index >= 15 is 0 Å². The molecule has 2 unspecified atom stereocenters. The lowest BCUT2D eigenvalue weighted by Gasteiger charge is -2.30. The Morgan fingerprint density at radius 1 is 1.12 bits per heavy atom. The average molecular weight is 346 g/mol. The predicted molar refractivity (Wildman–Crippen MR) is 102 cm³/mol. The summed E-state index contributed by atoms with van der Waals surface area (Å²) in [6.45, 7) is 3.95. The highest BCUT2D eigenvalue weighted by molar-refractivity contribution is 5.65. The highest BCUT2D eigenvalue weighted by Gasteiger charge is 2.31. The molecule has 0 aliphatic heterocycles. The number of aryl methyl sites for hydroxylation is 2. The summed E-state index contributed by atoms with van der Waals surface area (Å²) in [6, 6.07) is 12.4. The molecule has 1 aliphatic carbocycles. The minimum Gasteiger partial charge on any atom is -0.388 e. The molecule has 0 spiro atoms. The normalized spacial score (nSPS) is 19.2. The molecule has 3 N–H and O–H groups in total. The molecule has 0 bridgehead atoms. The molecule has 5 nitrogen and oxygen atoms in total. The van der Waals surface area contributed by atoms with Gasteiger partial charge in [0.05, 0.1) is 17.5 Å². The lowest BCUT2D eigenvalue weighted by atomic mass is 9.78. The number of aliphatic hydroxyl groups is 1. The van der Waals surface area contributed by atoms with Crippen LogP contribution in [-0.4, -0.2) is 20.1 Å². The molecular formula is C21H22N4O. The number of aliphatic hydroxyl groups excluding tert-OH is 1. The Hall–Kier alpha value is -2.79. The van der Waals surface area contributed by atoms with Crippen molar-refractivity contribution in [1.82, 2.24) is 15.0 Å². The highest BCUT2D eigenvalue weighted by Crippen LogP contribution is 2.41. The summed E-state index contributed by atoms with van der Waals surface area (Å²) >= 11 is 0. The second kappa shape index (κ2) is 6.50. The first-order valence-electron chi connectivity index (χ1n) is 8.86. The Morgan fingerprint density at radius 3 is 2.73 bits per heavy atom. The quantitative estimate of drug-likeness (QED) is 0.742. The number of nitrogens with two attached hydrogens (primary N) is 1. The van der Waals surface area contributed by atoms with Crippen LogP contribution in [0.15, 0.2) is 42.6 Å². The second-order valence-electron chi connectivity index (χ2n) is 6.99. The van der Waals surface area contributed by atoms with Crippen molar-refractivity contribution in [1.29, 1.82) is 0 Å². The van der Waals surface area contributed by atoms with E-state index in [1.54, 1.807) is 0 Å². The van der Waals surface area contributed by atoms with Gasteiger partial charge in [0.25, 0.3) is 0 Å². The van der Waals surface area contributed by atoms with Crippen molar-refractivity contribution in [3.8, 4) is 11.3 Å². The lowest BCUT2D eigenvalue weighted by Crippen LogP contribution is -2.22. The molecular weight excluding hydrogens is 324 g/mol. The summed E-state index contributed by atoms with van der Waals surface area (Å²) in [6.07, 6.45) is 2.64. The number of nitrogens with zero attached hydrogens (tertiary/aromatic N) is 3. The molecule has 0 saturated heterocycles. The van der Waals surface area contributed by atoms with Crippen molar-refractivity contribution in [3.63, 3.8) is 0 Å². The van der Waals surface area contributed by atoms with E-state index in [1.807, 2.05) is 31.3 Å². The zero-order chi connectivity index (χ0) is 18.3. The number of aromatic nitrogens is 3. The van der Waals surface area contributed by atoms with Gasteiger partial charge in [-0.05, 0) is 55.9 Å². The summed E-state index contributed by atoms with van der Waals surface area (Å²) in [5, 5.41) is 10.7. The van der Waals surface area contributed by atoms with Crippen LogP contribution < -0.4 is 5.73 Å². The van der Waals surface area contributed by atoms with E-state index < -0.39 is 6.10 Å². The predicted octanol–water partition coefficient (Wildman–Crippen LogP) is 3.50.